The van der Waals surface area contributed by atoms with Gasteiger partial charge in [0.1, 0.15) is 12.1 Å². The molecule has 0 unspecified atom stereocenters. The predicted molar refractivity (Wildman–Crippen MR) is 130 cm³/mol. The van der Waals surface area contributed by atoms with E-state index in [1.54, 1.807) is 13.8 Å². The minimum absolute atomic E-state index is 0.0418. The maximum absolute atomic E-state index is 12.7. The minimum Gasteiger partial charge on any atom is -0.480 e. The van der Waals surface area contributed by atoms with Crippen molar-refractivity contribution in [3.05, 3.63) is 11.6 Å². The Morgan fingerprint density at radius 1 is 1.06 bits per heavy atom. The van der Waals surface area contributed by atoms with Gasteiger partial charge in [-0.1, -0.05) is 33.3 Å². The number of rotatable bonds is 7. The standard InChI is InChI=1S/C28H41NO6/c1-16(2)25(26(33)34)29-23(31)9-10-24(32)35-22-8-7-20-19-6-5-17-15-18(30)11-13-27(17,3)21(19)12-14-28(20,22)4/h15-16,19-22,25H,5-14H2,1-4H3,(H,29,31)(H,33,34)/t19-,20-,21-,22+,25+,27+,28+/m1/s1. The van der Waals surface area contributed by atoms with Gasteiger partial charge >= 0.3 is 11.9 Å². The number of hydrogen-bond donors (Lipinski definition) is 2. The molecule has 0 spiro atoms. The van der Waals surface area contributed by atoms with Crippen molar-refractivity contribution < 1.29 is 29.0 Å². The van der Waals surface area contributed by atoms with Crippen LogP contribution >= 0.6 is 0 Å². The first-order valence-corrected chi connectivity index (χ1v) is 13.4. The van der Waals surface area contributed by atoms with E-state index >= 15 is 0 Å². The lowest BCUT2D eigenvalue weighted by molar-refractivity contribution is -0.160. The number of ether oxygens (including phenoxy) is 1. The number of carbonyl (C=O) groups is 4. The number of nitrogens with one attached hydrogen (secondary N) is 1. The average Bonchev–Trinajstić information content (AvgIpc) is 3.12. The smallest absolute Gasteiger partial charge is 0.326 e. The quantitative estimate of drug-likeness (QED) is 0.514. The predicted octanol–water partition coefficient (Wildman–Crippen LogP) is 4.44. The zero-order chi connectivity index (χ0) is 25.5. The van der Waals surface area contributed by atoms with Gasteiger partial charge in [0, 0.05) is 18.3 Å². The van der Waals surface area contributed by atoms with E-state index < -0.39 is 17.9 Å². The number of amides is 1. The van der Waals surface area contributed by atoms with Crippen LogP contribution in [0.1, 0.15) is 91.9 Å². The first kappa shape index (κ1) is 25.9. The van der Waals surface area contributed by atoms with Gasteiger partial charge in [0.2, 0.25) is 5.91 Å². The van der Waals surface area contributed by atoms with Crippen LogP contribution in [0, 0.1) is 34.5 Å². The molecule has 0 bridgehead atoms. The summed E-state index contributed by atoms with van der Waals surface area (Å²) >= 11 is 0. The molecular weight excluding hydrogens is 446 g/mol. The van der Waals surface area contributed by atoms with E-state index in [0.29, 0.717) is 24.2 Å². The van der Waals surface area contributed by atoms with Crippen LogP contribution < -0.4 is 5.32 Å². The zero-order valence-corrected chi connectivity index (χ0v) is 21.6. The first-order valence-electron chi connectivity index (χ1n) is 13.4. The molecule has 1 amide bonds. The number of hydrogen-bond acceptors (Lipinski definition) is 5. The molecule has 0 saturated heterocycles. The Kier molecular flexibility index (Phi) is 7.18. The molecule has 0 radical (unpaired) electrons. The van der Waals surface area contributed by atoms with Crippen LogP contribution in [0.15, 0.2) is 11.6 Å². The summed E-state index contributed by atoms with van der Waals surface area (Å²) in [7, 11) is 0. The van der Waals surface area contributed by atoms with Gasteiger partial charge in [-0.05, 0) is 80.1 Å². The highest BCUT2D eigenvalue weighted by Crippen LogP contribution is 2.65. The van der Waals surface area contributed by atoms with E-state index in [2.05, 4.69) is 19.2 Å². The lowest BCUT2D eigenvalue weighted by atomic mass is 9.47. The molecule has 194 valence electrons. The summed E-state index contributed by atoms with van der Waals surface area (Å²) in [5.74, 6) is -0.146. The molecule has 0 aromatic heterocycles. The lowest BCUT2D eigenvalue weighted by Crippen LogP contribution is -2.51. The van der Waals surface area contributed by atoms with Crippen molar-refractivity contribution in [1.29, 1.82) is 0 Å². The number of carboxylic acids is 1. The second kappa shape index (κ2) is 9.70. The van der Waals surface area contributed by atoms with Gasteiger partial charge in [-0.15, -0.1) is 0 Å². The van der Waals surface area contributed by atoms with E-state index in [-0.39, 0.29) is 47.4 Å². The van der Waals surface area contributed by atoms with Gasteiger partial charge in [0.25, 0.3) is 0 Å². The highest BCUT2D eigenvalue weighted by molar-refractivity contribution is 5.91. The third kappa shape index (κ3) is 4.79. The molecule has 7 atom stereocenters. The van der Waals surface area contributed by atoms with E-state index in [0.717, 1.165) is 44.9 Å². The van der Waals surface area contributed by atoms with Crippen LogP contribution in [0.25, 0.3) is 0 Å². The number of esters is 1. The Bertz CT molecular complexity index is 924. The van der Waals surface area contributed by atoms with E-state index in [9.17, 15) is 24.3 Å². The topological polar surface area (TPSA) is 110 Å². The molecule has 2 N–H and O–H groups in total. The molecule has 0 heterocycles. The molecule has 0 aromatic carbocycles. The molecule has 4 aliphatic carbocycles. The monoisotopic (exact) mass is 487 g/mol. The SMILES string of the molecule is CC(C)[C@H](NC(=O)CCC(=O)O[C@H]1CC[C@@H]2[C@H]3CCC4=CC(=O)CC[C@]4(C)[C@@H]3CC[C@]12C)C(=O)O. The lowest BCUT2D eigenvalue weighted by Gasteiger charge is -2.57. The average molecular weight is 488 g/mol. The van der Waals surface area contributed by atoms with Crippen molar-refractivity contribution >= 4 is 23.6 Å². The summed E-state index contributed by atoms with van der Waals surface area (Å²) in [6.45, 7) is 8.12. The number of allylic oxidation sites excluding steroid dienone is 1. The van der Waals surface area contributed by atoms with Crippen molar-refractivity contribution in [2.24, 2.45) is 34.5 Å². The fourth-order valence-electron chi connectivity index (χ4n) is 7.90. The van der Waals surface area contributed by atoms with Crippen LogP contribution in [0.5, 0.6) is 0 Å². The first-order chi connectivity index (χ1) is 16.5. The van der Waals surface area contributed by atoms with Gasteiger partial charge in [-0.25, -0.2) is 4.79 Å². The Morgan fingerprint density at radius 3 is 2.49 bits per heavy atom. The summed E-state index contributed by atoms with van der Waals surface area (Å²) in [6, 6.07) is -0.960. The van der Waals surface area contributed by atoms with E-state index in [1.807, 2.05) is 6.08 Å². The largest absolute Gasteiger partial charge is 0.480 e. The van der Waals surface area contributed by atoms with Gasteiger partial charge in [0.15, 0.2) is 5.78 Å². The van der Waals surface area contributed by atoms with Crippen molar-refractivity contribution in [2.45, 2.75) is 104 Å². The van der Waals surface area contributed by atoms with Gasteiger partial charge in [-0.3, -0.25) is 14.4 Å². The fraction of sp³-hybridized carbons (Fsp3) is 0.786. The van der Waals surface area contributed by atoms with Gasteiger partial charge in [0.05, 0.1) is 6.42 Å². The number of carbonyl (C=O) groups excluding carboxylic acids is 3. The highest BCUT2D eigenvalue weighted by atomic mass is 16.5. The summed E-state index contributed by atoms with van der Waals surface area (Å²) in [5.41, 5.74) is 1.44. The third-order valence-electron chi connectivity index (χ3n) is 9.95. The summed E-state index contributed by atoms with van der Waals surface area (Å²) in [5, 5.41) is 11.8. The Morgan fingerprint density at radius 2 is 1.80 bits per heavy atom. The molecule has 0 aliphatic heterocycles. The van der Waals surface area contributed by atoms with Crippen LogP contribution in [-0.2, 0) is 23.9 Å². The highest BCUT2D eigenvalue weighted by Gasteiger charge is 2.59. The molecule has 7 heteroatoms. The molecule has 3 saturated carbocycles. The fourth-order valence-corrected chi connectivity index (χ4v) is 7.90. The van der Waals surface area contributed by atoms with Crippen LogP contribution in [0.2, 0.25) is 0 Å². The third-order valence-corrected chi connectivity index (χ3v) is 9.95. The van der Waals surface area contributed by atoms with Crippen LogP contribution in [-0.4, -0.2) is 40.9 Å². The molecule has 4 rings (SSSR count). The number of fused-ring (bicyclic) bond motifs is 5. The van der Waals surface area contributed by atoms with E-state index in [4.69, 9.17) is 4.74 Å². The van der Waals surface area contributed by atoms with Crippen molar-refractivity contribution in [2.75, 3.05) is 0 Å². The Labute approximate surface area is 208 Å². The summed E-state index contributed by atoms with van der Waals surface area (Å²) in [4.78, 5) is 48.2. The number of ketones is 1. The number of carboxylic acid groups (broad SMARTS) is 1. The van der Waals surface area contributed by atoms with Gasteiger partial charge in [-0.2, -0.15) is 0 Å². The molecule has 4 aliphatic rings. The molecule has 0 aromatic rings. The second-order valence-electron chi connectivity index (χ2n) is 12.2. The van der Waals surface area contributed by atoms with Crippen LogP contribution in [0.3, 0.4) is 0 Å². The zero-order valence-electron chi connectivity index (χ0n) is 21.6. The molecule has 35 heavy (non-hydrogen) atoms. The number of aliphatic carboxylic acids is 1. The van der Waals surface area contributed by atoms with Crippen molar-refractivity contribution in [3.8, 4) is 0 Å². The summed E-state index contributed by atoms with van der Waals surface area (Å²) in [6.07, 6.45) is 9.44. The normalized spacial score (nSPS) is 36.9. The minimum atomic E-state index is -1.07. The Hall–Kier alpha value is -2.18. The molecule has 7 nitrogen and oxygen atoms in total. The maximum Gasteiger partial charge on any atom is 0.326 e. The second-order valence-corrected chi connectivity index (χ2v) is 12.2. The van der Waals surface area contributed by atoms with Crippen LogP contribution in [0.4, 0.5) is 0 Å². The van der Waals surface area contributed by atoms with Crippen molar-refractivity contribution in [1.82, 2.24) is 5.32 Å². The molecule has 3 fully saturated rings. The van der Waals surface area contributed by atoms with Gasteiger partial charge < -0.3 is 15.2 Å². The Balaban J connectivity index is 1.35. The van der Waals surface area contributed by atoms with Crippen molar-refractivity contribution in [3.63, 3.8) is 0 Å². The molecular formula is C28H41NO6. The van der Waals surface area contributed by atoms with E-state index in [1.165, 1.54) is 5.57 Å². The summed E-state index contributed by atoms with van der Waals surface area (Å²) < 4.78 is 5.97. The maximum atomic E-state index is 12.7.